The van der Waals surface area contributed by atoms with Gasteiger partial charge in [0.15, 0.2) is 6.61 Å². The fraction of sp³-hybridized carbons (Fsp3) is 0.500. The Morgan fingerprint density at radius 2 is 1.88 bits per heavy atom. The maximum atomic E-state index is 13.1. The van der Waals surface area contributed by atoms with E-state index in [9.17, 15) is 9.59 Å². The first-order chi connectivity index (χ1) is 15.8. The van der Waals surface area contributed by atoms with Crippen LogP contribution >= 0.6 is 11.6 Å². The lowest BCUT2D eigenvalue weighted by atomic mass is 9.94. The van der Waals surface area contributed by atoms with Crippen molar-refractivity contribution in [1.82, 2.24) is 4.90 Å². The largest absolute Gasteiger partial charge is 0.459 e. The number of halogens is 1. The van der Waals surface area contributed by atoms with Crippen LogP contribution in [-0.2, 0) is 20.8 Å². The zero-order chi connectivity index (χ0) is 24.4. The summed E-state index contributed by atoms with van der Waals surface area (Å²) in [6.07, 6.45) is 10.4. The van der Waals surface area contributed by atoms with E-state index >= 15 is 0 Å². The molecule has 1 aromatic rings. The van der Waals surface area contributed by atoms with Crippen LogP contribution in [0.3, 0.4) is 0 Å². The highest BCUT2D eigenvalue weighted by Gasteiger charge is 2.23. The molecule has 1 aliphatic heterocycles. The number of ether oxygens (including phenoxy) is 1. The first-order valence-corrected chi connectivity index (χ1v) is 11.9. The maximum Gasteiger partial charge on any atom is 0.339 e. The Morgan fingerprint density at radius 3 is 2.58 bits per heavy atom. The molecule has 0 spiro atoms. The van der Waals surface area contributed by atoms with E-state index in [1.807, 2.05) is 58.9 Å². The van der Waals surface area contributed by atoms with Crippen LogP contribution in [0, 0.1) is 13.8 Å². The lowest BCUT2D eigenvalue weighted by molar-refractivity contribution is -0.135. The lowest BCUT2D eigenvalue weighted by Gasteiger charge is -2.19. The molecule has 33 heavy (non-hydrogen) atoms. The van der Waals surface area contributed by atoms with Crippen molar-refractivity contribution in [2.45, 2.75) is 66.4 Å². The van der Waals surface area contributed by atoms with Crippen LogP contribution < -0.4 is 0 Å². The van der Waals surface area contributed by atoms with E-state index in [0.717, 1.165) is 24.0 Å². The molecule has 0 radical (unpaired) electrons. The summed E-state index contributed by atoms with van der Waals surface area (Å²) in [6.45, 7) is 10.6. The van der Waals surface area contributed by atoms with Gasteiger partial charge in [0.25, 0.3) is 5.91 Å². The van der Waals surface area contributed by atoms with Crippen molar-refractivity contribution in [2.75, 3.05) is 19.7 Å². The second kappa shape index (κ2) is 13.2. The minimum Gasteiger partial charge on any atom is -0.459 e. The fourth-order valence-corrected chi connectivity index (χ4v) is 3.96. The van der Waals surface area contributed by atoms with Gasteiger partial charge in [-0.3, -0.25) is 4.79 Å². The molecule has 0 N–H and O–H groups in total. The van der Waals surface area contributed by atoms with Crippen molar-refractivity contribution in [3.05, 3.63) is 57.6 Å². The summed E-state index contributed by atoms with van der Waals surface area (Å²) in [5.41, 5.74) is 3.36. The Balaban J connectivity index is 2.42. The molecule has 0 fully saturated rings. The molecule has 0 aliphatic carbocycles. The molecule has 0 unspecified atom stereocenters. The first-order valence-electron chi connectivity index (χ1n) is 11.6. The van der Waals surface area contributed by atoms with Gasteiger partial charge in [-0.15, -0.1) is 0 Å². The van der Waals surface area contributed by atoms with Crippen LogP contribution in [-0.4, -0.2) is 48.3 Å². The van der Waals surface area contributed by atoms with Gasteiger partial charge in [0.2, 0.25) is 0 Å². The number of rotatable bonds is 5. The number of hydrogen-bond donors (Lipinski definition) is 0. The molecule has 2 rings (SSSR count). The van der Waals surface area contributed by atoms with Gasteiger partial charge in [0, 0.05) is 31.0 Å². The molecule has 0 saturated carbocycles. The average Bonchev–Trinajstić information content (AvgIpc) is 2.76. The van der Waals surface area contributed by atoms with E-state index in [0.29, 0.717) is 41.4 Å². The lowest BCUT2D eigenvalue weighted by Crippen LogP contribution is -2.33. The predicted octanol–water partition coefficient (Wildman–Crippen LogP) is 5.58. The third-order valence-corrected chi connectivity index (χ3v) is 6.07. The molecule has 1 aromatic carbocycles. The molecule has 7 heteroatoms. The van der Waals surface area contributed by atoms with Crippen molar-refractivity contribution in [2.24, 2.45) is 5.16 Å². The van der Waals surface area contributed by atoms with Gasteiger partial charge in [0.05, 0.1) is 11.3 Å². The topological polar surface area (TPSA) is 68.2 Å². The third kappa shape index (κ3) is 7.74. The van der Waals surface area contributed by atoms with E-state index < -0.39 is 5.97 Å². The molecular formula is C26H35ClN2O4. The minimum absolute atomic E-state index is 0.123. The van der Waals surface area contributed by atoms with Crippen LogP contribution in [0.5, 0.6) is 0 Å². The summed E-state index contributed by atoms with van der Waals surface area (Å²) in [5, 5.41) is 4.74. The van der Waals surface area contributed by atoms with Gasteiger partial charge in [-0.25, -0.2) is 4.79 Å². The van der Waals surface area contributed by atoms with E-state index in [-0.39, 0.29) is 25.0 Å². The van der Waals surface area contributed by atoms with Gasteiger partial charge >= 0.3 is 5.97 Å². The van der Waals surface area contributed by atoms with E-state index in [1.165, 1.54) is 0 Å². The molecule has 6 nitrogen and oxygen atoms in total. The average molecular weight is 475 g/mol. The number of cyclic esters (lactones) is 1. The van der Waals surface area contributed by atoms with Crippen LogP contribution in [0.1, 0.15) is 67.1 Å². The number of hydrogen-bond acceptors (Lipinski definition) is 5. The zero-order valence-electron chi connectivity index (χ0n) is 20.3. The fourth-order valence-electron chi connectivity index (χ4n) is 3.74. The zero-order valence-corrected chi connectivity index (χ0v) is 21.1. The quantitative estimate of drug-likeness (QED) is 0.317. The highest BCUT2D eigenvalue weighted by Crippen LogP contribution is 2.29. The summed E-state index contributed by atoms with van der Waals surface area (Å²) in [4.78, 5) is 32.4. The van der Waals surface area contributed by atoms with Gasteiger partial charge < -0.3 is 14.5 Å². The molecule has 0 aromatic heterocycles. The van der Waals surface area contributed by atoms with Crippen molar-refractivity contribution in [1.29, 1.82) is 0 Å². The molecule has 0 bridgehead atoms. The minimum atomic E-state index is -0.400. The number of fused-ring (bicyclic) bond motifs is 1. The number of esters is 1. The Labute approximate surface area is 202 Å². The molecule has 0 saturated heterocycles. The van der Waals surface area contributed by atoms with Gasteiger partial charge in [-0.1, -0.05) is 41.1 Å². The summed E-state index contributed by atoms with van der Waals surface area (Å²) < 4.78 is 5.71. The van der Waals surface area contributed by atoms with Crippen LogP contribution in [0.25, 0.3) is 0 Å². The van der Waals surface area contributed by atoms with Gasteiger partial charge in [-0.2, -0.15) is 0 Å². The van der Waals surface area contributed by atoms with Crippen molar-refractivity contribution in [3.63, 3.8) is 0 Å². The van der Waals surface area contributed by atoms with Crippen molar-refractivity contribution in [3.8, 4) is 0 Å². The monoisotopic (exact) mass is 474 g/mol. The second-order valence-electron chi connectivity index (χ2n) is 8.18. The Bertz CT molecular complexity index is 933. The molecular weight excluding hydrogens is 440 g/mol. The molecule has 1 atom stereocenters. The Morgan fingerprint density at radius 1 is 1.18 bits per heavy atom. The molecule has 1 heterocycles. The van der Waals surface area contributed by atoms with Crippen molar-refractivity contribution >= 4 is 29.2 Å². The molecule has 1 aliphatic rings. The van der Waals surface area contributed by atoms with Gasteiger partial charge in [0.1, 0.15) is 6.10 Å². The number of oxime groups is 1. The second-order valence-corrected chi connectivity index (χ2v) is 8.56. The van der Waals surface area contributed by atoms with E-state index in [4.69, 9.17) is 21.2 Å². The summed E-state index contributed by atoms with van der Waals surface area (Å²) in [7, 11) is 0. The van der Waals surface area contributed by atoms with Crippen LogP contribution in [0.15, 0.2) is 35.5 Å². The standard InChI is InChI=1S/C26H35ClN2O4/c1-6-29(7-2)23(30)17-32-28-21-14-12-10-8-9-11-13-20(5)33-26(31)24-18(3)15-19(4)25(27)22(24)16-21/h9,11-12,14-15,20H,6-8,10,13,16-17H2,1-5H3/b11-9+,14-12?,28-21?/t20-/m1/s1. The number of likely N-dealkylation sites (N-methyl/N-ethyl adjacent to an activating group) is 1. The first kappa shape index (κ1) is 26.7. The Hall–Kier alpha value is -2.60. The summed E-state index contributed by atoms with van der Waals surface area (Å²) in [5.74, 6) is -0.523. The number of nitrogens with zero attached hydrogens (tertiary/aromatic N) is 2. The number of carbonyl (C=O) groups is 2. The maximum absolute atomic E-state index is 13.1. The predicted molar refractivity (Wildman–Crippen MR) is 133 cm³/mol. The third-order valence-electron chi connectivity index (χ3n) is 5.54. The highest BCUT2D eigenvalue weighted by molar-refractivity contribution is 6.33. The number of benzene rings is 1. The van der Waals surface area contributed by atoms with Crippen molar-refractivity contribution < 1.29 is 19.2 Å². The number of carbonyl (C=O) groups excluding carboxylic acids is 2. The molecule has 1 amide bonds. The summed E-state index contributed by atoms with van der Waals surface area (Å²) in [6, 6.07) is 1.89. The normalized spacial score (nSPS) is 19.4. The number of amides is 1. The SMILES string of the molecule is CCN(CC)C(=O)CON=C1C=CCC/C=C/C[C@@H](C)OC(=O)c2c(C)cc(C)c(Cl)c2C1. The number of aryl methyl sites for hydroxylation is 2. The Kier molecular flexibility index (Phi) is 10.7. The van der Waals surface area contributed by atoms with E-state index in [1.54, 1.807) is 4.90 Å². The van der Waals surface area contributed by atoms with Crippen LogP contribution in [0.4, 0.5) is 0 Å². The summed E-state index contributed by atoms with van der Waals surface area (Å²) >= 11 is 6.67. The molecule has 180 valence electrons. The number of allylic oxidation sites excluding steroid dienone is 3. The van der Waals surface area contributed by atoms with E-state index in [2.05, 4.69) is 11.2 Å². The van der Waals surface area contributed by atoms with Gasteiger partial charge in [-0.05, 0) is 70.2 Å². The highest BCUT2D eigenvalue weighted by atomic mass is 35.5. The van der Waals surface area contributed by atoms with Crippen LogP contribution in [0.2, 0.25) is 5.02 Å². The smallest absolute Gasteiger partial charge is 0.339 e.